The van der Waals surface area contributed by atoms with Crippen LogP contribution in [-0.2, 0) is 44.8 Å². The Morgan fingerprint density at radius 1 is 0.230 bits per heavy atom. The Kier molecular flexibility index (Phi) is 17.0. The average molecular weight is 1350 g/mol. The molecule has 13 rings (SSSR count). The molecule has 0 bridgehead atoms. The largest absolute Gasteiger partial charge is 1.00 e. The van der Waals surface area contributed by atoms with Crippen molar-refractivity contribution in [3.05, 3.63) is 303 Å². The molecule has 0 heterocycles. The molecule has 0 saturated carbocycles. The van der Waals surface area contributed by atoms with E-state index >= 15 is 0 Å². The van der Waals surface area contributed by atoms with E-state index < -0.39 is 15.8 Å². The number of hydrogen-bond acceptors (Lipinski definition) is 0. The maximum atomic E-state index is 7.56. The molecule has 0 aromatic heterocycles. The van der Waals surface area contributed by atoms with Gasteiger partial charge in [-0.3, -0.25) is 11.8 Å². The second-order valence-electron chi connectivity index (χ2n) is 17.7. The van der Waals surface area contributed by atoms with Crippen molar-refractivity contribution in [1.82, 2.24) is 0 Å². The Balaban J connectivity index is 0.000000140. The number of benzene rings is 13. The zero-order valence-electron chi connectivity index (χ0n) is 40.2. The zero-order chi connectivity index (χ0) is 48.6. The summed E-state index contributed by atoms with van der Waals surface area (Å²) in [4.78, 5) is 0. The maximum absolute atomic E-state index is 7.56. The van der Waals surface area contributed by atoms with Crippen molar-refractivity contribution in [2.24, 2.45) is 0 Å². The van der Waals surface area contributed by atoms with Crippen molar-refractivity contribution < 1.29 is 44.8 Å². The minimum Gasteiger partial charge on any atom is -0.366 e. The van der Waals surface area contributed by atoms with Gasteiger partial charge in [0.2, 0.25) is 0 Å². The molecule has 0 saturated heterocycles. The quantitative estimate of drug-likeness (QED) is 0.0512. The molecule has 0 fully saturated rings. The summed E-state index contributed by atoms with van der Waals surface area (Å²) in [5.74, 6) is 5.15. The van der Waals surface area contributed by atoms with Crippen LogP contribution < -0.4 is 31.8 Å². The van der Waals surface area contributed by atoms with Crippen LogP contribution in [0, 0.1) is 24.7 Å². The maximum Gasteiger partial charge on any atom is 1.00 e. The third-order valence-corrected chi connectivity index (χ3v) is 19.4. The molecule has 13 aromatic rings. The minimum absolute atomic E-state index is 0. The zero-order valence-corrected chi connectivity index (χ0v) is 46.5. The monoisotopic (exact) mass is 1340 g/mol. The van der Waals surface area contributed by atoms with E-state index in [9.17, 15) is 0 Å². The molecule has 0 unspecified atom stereocenters. The molecule has 0 aliphatic rings. The van der Waals surface area contributed by atoms with Crippen molar-refractivity contribution >= 4 is 112 Å². The van der Waals surface area contributed by atoms with Crippen molar-refractivity contribution in [3.63, 3.8) is 0 Å². The van der Waals surface area contributed by atoms with Gasteiger partial charge in [-0.25, -0.2) is 0 Å². The molecule has 0 nitrogen and oxygen atoms in total. The predicted octanol–water partition coefficient (Wildman–Crippen LogP) is 14.8. The first-order valence-electron chi connectivity index (χ1n) is 24.3. The van der Waals surface area contributed by atoms with Gasteiger partial charge in [-0.2, -0.15) is 0 Å². The van der Waals surface area contributed by atoms with Crippen molar-refractivity contribution in [2.75, 3.05) is 0 Å². The molecular formula is C70H48Au2P2+2. The molecular weight excluding hydrogens is 1300 g/mol. The van der Waals surface area contributed by atoms with Gasteiger partial charge in [-0.05, 0) is 115 Å². The van der Waals surface area contributed by atoms with Gasteiger partial charge in [0.25, 0.3) is 0 Å². The van der Waals surface area contributed by atoms with Gasteiger partial charge >= 0.3 is 44.8 Å². The Morgan fingerprint density at radius 3 is 0.811 bits per heavy atom. The third-order valence-electron chi connectivity index (χ3n) is 13.5. The number of hydrogen-bond donors (Lipinski definition) is 0. The molecule has 0 spiro atoms. The fourth-order valence-electron chi connectivity index (χ4n) is 10.2. The van der Waals surface area contributed by atoms with Crippen LogP contribution in [-0.4, -0.2) is 0 Å². The summed E-state index contributed by atoms with van der Waals surface area (Å²) in [6.45, 7) is 0. The summed E-state index contributed by atoms with van der Waals surface area (Å²) < 4.78 is 0. The Labute approximate surface area is 468 Å². The normalized spacial score (nSPS) is 10.7. The average Bonchev–Trinajstić information content (AvgIpc) is 3.47. The van der Waals surface area contributed by atoms with Crippen molar-refractivity contribution in [2.45, 2.75) is 0 Å². The van der Waals surface area contributed by atoms with Gasteiger partial charge in [-0.15, -0.1) is 23.3 Å². The first kappa shape index (κ1) is 51.8. The van der Waals surface area contributed by atoms with Crippen LogP contribution in [0.2, 0.25) is 0 Å². The summed E-state index contributed by atoms with van der Waals surface area (Å²) in [7, 11) is -2.28. The van der Waals surface area contributed by atoms with E-state index in [1.807, 2.05) is 24.3 Å². The van der Waals surface area contributed by atoms with E-state index in [0.717, 1.165) is 21.9 Å². The molecule has 74 heavy (non-hydrogen) atoms. The van der Waals surface area contributed by atoms with E-state index in [1.165, 1.54) is 85.7 Å². The van der Waals surface area contributed by atoms with Gasteiger partial charge in [0.15, 0.2) is 0 Å². The summed E-state index contributed by atoms with van der Waals surface area (Å²) in [6.07, 6.45) is 15.1. The number of fused-ring (bicyclic) bond motifs is 10. The van der Waals surface area contributed by atoms with Crippen LogP contribution in [0.25, 0.3) is 64.6 Å². The molecule has 0 amide bonds. The van der Waals surface area contributed by atoms with Crippen LogP contribution in [0.4, 0.5) is 0 Å². The van der Waals surface area contributed by atoms with Crippen LogP contribution in [0.5, 0.6) is 0 Å². The van der Waals surface area contributed by atoms with Gasteiger partial charge in [0, 0.05) is 0 Å². The van der Waals surface area contributed by atoms with E-state index in [2.05, 4.69) is 267 Å². The fourth-order valence-corrected chi connectivity index (χ4v) is 16.2. The Hall–Kier alpha value is -7.12. The van der Waals surface area contributed by atoms with Crippen LogP contribution >= 0.6 is 15.8 Å². The van der Waals surface area contributed by atoms with E-state index in [1.54, 1.807) is 0 Å². The van der Waals surface area contributed by atoms with Gasteiger partial charge in [0.1, 0.15) is 47.7 Å². The van der Waals surface area contributed by atoms with E-state index in [4.69, 9.17) is 12.8 Å². The van der Waals surface area contributed by atoms with E-state index in [-0.39, 0.29) is 44.8 Å². The summed E-state index contributed by atoms with van der Waals surface area (Å²) in [6, 6.07) is 99.5. The van der Waals surface area contributed by atoms with Crippen LogP contribution in [0.15, 0.2) is 279 Å². The molecule has 13 aromatic carbocycles. The second kappa shape index (κ2) is 24.3. The molecule has 358 valence electrons. The van der Waals surface area contributed by atoms with Crippen molar-refractivity contribution in [3.8, 4) is 11.8 Å². The summed E-state index contributed by atoms with van der Waals surface area (Å²) in [5, 5.41) is 23.0. The predicted molar refractivity (Wildman–Crippen MR) is 317 cm³/mol. The summed E-state index contributed by atoms with van der Waals surface area (Å²) in [5.41, 5.74) is 1.70. The van der Waals surface area contributed by atoms with Crippen molar-refractivity contribution in [1.29, 1.82) is 0 Å². The van der Waals surface area contributed by atoms with Gasteiger partial charge < -0.3 is 12.8 Å². The van der Waals surface area contributed by atoms with Crippen LogP contribution in [0.3, 0.4) is 0 Å². The first-order valence-corrected chi connectivity index (χ1v) is 27.3. The molecule has 4 heteroatoms. The molecule has 0 aliphatic heterocycles. The van der Waals surface area contributed by atoms with E-state index in [0.29, 0.717) is 0 Å². The van der Waals surface area contributed by atoms with Gasteiger partial charge in [0.05, 0.1) is 0 Å². The standard InChI is InChI=1S/C30H24P2.2C20H11.2Au/c1-5-15-25(16-6-1)31(26-17-7-2-8-18-26)29-23-13-14-24-30(29)32(27-19-9-3-10-20-27)28-21-11-4-12-22-28;2*1-2-14-13-20-17-9-4-3-7-15(17)11-12-19(20)18-10-6-5-8-16(14)18;;/h1-24H;2*3-13H;;/q;2*-1;2*+1/p+2. The Bertz CT molecular complexity index is 3780. The fraction of sp³-hybridized carbons (Fsp3) is 0. The van der Waals surface area contributed by atoms with Crippen LogP contribution in [0.1, 0.15) is 11.1 Å². The second-order valence-corrected chi connectivity index (χ2v) is 22.6. The molecule has 0 aliphatic carbocycles. The first-order chi connectivity index (χ1) is 35.7. The molecule has 0 atom stereocenters. The molecule has 0 N–H and O–H groups in total. The SMILES string of the molecule is [Au+].[Au+].[C-]#Cc1cc2c3ccccc3ccc2c2ccccc12.[C-]#Cc1cc2c3ccccc3ccc2c2ccccc12.c1ccc([PH+](c2ccccc2)c2ccccc2[PH+](c2ccccc2)c2ccccc2)cc1. The summed E-state index contributed by atoms with van der Waals surface area (Å²) >= 11 is 0. The Morgan fingerprint density at radius 2 is 0.486 bits per heavy atom. The topological polar surface area (TPSA) is 0 Å². The number of rotatable bonds is 6. The smallest absolute Gasteiger partial charge is 0.366 e. The molecule has 0 radical (unpaired) electrons. The van der Waals surface area contributed by atoms with Gasteiger partial charge in [-0.1, -0.05) is 217 Å². The third kappa shape index (κ3) is 10.6. The minimum atomic E-state index is -1.14.